The van der Waals surface area contributed by atoms with E-state index in [0.717, 1.165) is 39.6 Å². The summed E-state index contributed by atoms with van der Waals surface area (Å²) in [6.07, 6.45) is 0. The molecular formula is C20H23Cl2N2O3+. The second kappa shape index (κ2) is 8.93. The van der Waals surface area contributed by atoms with Crippen LogP contribution in [0.5, 0.6) is 5.75 Å². The topological polar surface area (TPSA) is 52.0 Å². The van der Waals surface area contributed by atoms with Crippen LogP contribution in [0.4, 0.5) is 5.69 Å². The molecule has 0 bridgehead atoms. The van der Waals surface area contributed by atoms with Gasteiger partial charge in [-0.15, -0.1) is 0 Å². The molecule has 1 heterocycles. The maximum atomic E-state index is 12.5. The van der Waals surface area contributed by atoms with E-state index in [1.165, 1.54) is 0 Å². The third-order valence-corrected chi connectivity index (χ3v) is 5.03. The van der Waals surface area contributed by atoms with Gasteiger partial charge in [-0.2, -0.15) is 0 Å². The van der Waals surface area contributed by atoms with Crippen LogP contribution < -0.4 is 15.0 Å². The number of aryl methyl sites for hydroxylation is 1. The van der Waals surface area contributed by atoms with E-state index in [2.05, 4.69) is 5.32 Å². The molecule has 0 saturated heterocycles. The Hall–Kier alpha value is -1.79. The van der Waals surface area contributed by atoms with Crippen molar-refractivity contribution in [3.8, 4) is 5.75 Å². The SMILES string of the molecule is CC[NH+](CC(=O)Nc1cc(Cl)ccc1C)Cc1cc(Cl)cc2c1OCOC2. The number of hydrogen-bond donors (Lipinski definition) is 2. The molecule has 3 rings (SSSR count). The van der Waals surface area contributed by atoms with Gasteiger partial charge < -0.3 is 19.7 Å². The van der Waals surface area contributed by atoms with E-state index in [1.54, 1.807) is 6.07 Å². The van der Waals surface area contributed by atoms with Crippen molar-refractivity contribution in [3.05, 3.63) is 57.1 Å². The highest BCUT2D eigenvalue weighted by atomic mass is 35.5. The number of nitrogens with one attached hydrogen (secondary N) is 2. The number of fused-ring (bicyclic) bond motifs is 1. The molecule has 144 valence electrons. The molecular weight excluding hydrogens is 387 g/mol. The van der Waals surface area contributed by atoms with Crippen molar-refractivity contribution < 1.29 is 19.2 Å². The molecule has 0 spiro atoms. The Kier molecular flexibility index (Phi) is 6.60. The molecule has 2 aromatic carbocycles. The Balaban J connectivity index is 1.70. The number of amides is 1. The Morgan fingerprint density at radius 1 is 1.22 bits per heavy atom. The fourth-order valence-electron chi connectivity index (χ4n) is 3.12. The molecule has 7 heteroatoms. The third kappa shape index (κ3) is 5.14. The molecule has 0 aliphatic carbocycles. The van der Waals surface area contributed by atoms with Gasteiger partial charge in [-0.1, -0.05) is 29.3 Å². The summed E-state index contributed by atoms with van der Waals surface area (Å²) in [7, 11) is 0. The number of likely N-dealkylation sites (N-methyl/N-ethyl adjacent to an activating group) is 1. The first kappa shape index (κ1) is 20.0. The van der Waals surface area contributed by atoms with Gasteiger partial charge in [-0.25, -0.2) is 0 Å². The number of anilines is 1. The van der Waals surface area contributed by atoms with E-state index < -0.39 is 0 Å². The molecule has 27 heavy (non-hydrogen) atoms. The minimum absolute atomic E-state index is 0.0580. The fourth-order valence-corrected chi connectivity index (χ4v) is 3.56. The second-order valence-corrected chi connectivity index (χ2v) is 7.50. The molecule has 0 fully saturated rings. The average molecular weight is 410 g/mol. The summed E-state index contributed by atoms with van der Waals surface area (Å²) >= 11 is 12.3. The Bertz CT molecular complexity index is 842. The number of carbonyl (C=O) groups is 1. The van der Waals surface area contributed by atoms with Crippen molar-refractivity contribution in [2.75, 3.05) is 25.2 Å². The quantitative estimate of drug-likeness (QED) is 0.769. The standard InChI is InChI=1S/C20H22Cl2N2O3/c1-3-24(10-19(25)23-18-8-16(21)5-4-13(18)2)9-14-6-17(22)7-15-11-26-12-27-20(14)15/h4-8H,3,9-12H2,1-2H3,(H,23,25)/p+1. The van der Waals surface area contributed by atoms with E-state index in [4.69, 9.17) is 32.7 Å². The van der Waals surface area contributed by atoms with Crippen molar-refractivity contribution in [2.45, 2.75) is 27.0 Å². The summed E-state index contributed by atoms with van der Waals surface area (Å²) in [4.78, 5) is 13.6. The van der Waals surface area contributed by atoms with E-state index in [-0.39, 0.29) is 12.7 Å². The van der Waals surface area contributed by atoms with Gasteiger partial charge in [0.1, 0.15) is 12.3 Å². The number of rotatable bonds is 6. The normalized spacial score (nSPS) is 14.2. The van der Waals surface area contributed by atoms with Gasteiger partial charge in [0.25, 0.3) is 5.91 Å². The highest BCUT2D eigenvalue weighted by Gasteiger charge is 2.21. The third-order valence-electron chi connectivity index (χ3n) is 4.58. The molecule has 2 N–H and O–H groups in total. The average Bonchev–Trinajstić information content (AvgIpc) is 2.64. The molecule has 1 amide bonds. The van der Waals surface area contributed by atoms with Crippen LogP contribution in [0, 0.1) is 6.92 Å². The van der Waals surface area contributed by atoms with E-state index in [1.807, 2.05) is 38.1 Å². The Morgan fingerprint density at radius 2 is 2.04 bits per heavy atom. The number of halogens is 2. The van der Waals surface area contributed by atoms with Crippen LogP contribution in [0.2, 0.25) is 10.0 Å². The van der Waals surface area contributed by atoms with Gasteiger partial charge in [0.2, 0.25) is 0 Å². The lowest BCUT2D eigenvalue weighted by atomic mass is 10.1. The Labute approximate surface area is 169 Å². The van der Waals surface area contributed by atoms with Crippen LogP contribution >= 0.6 is 23.2 Å². The monoisotopic (exact) mass is 409 g/mol. The van der Waals surface area contributed by atoms with Crippen LogP contribution in [0.25, 0.3) is 0 Å². The van der Waals surface area contributed by atoms with Crippen LogP contribution in [0.15, 0.2) is 30.3 Å². The largest absolute Gasteiger partial charge is 0.467 e. The number of quaternary nitrogens is 1. The molecule has 1 unspecified atom stereocenters. The smallest absolute Gasteiger partial charge is 0.279 e. The summed E-state index contributed by atoms with van der Waals surface area (Å²) in [6.45, 7) is 6.47. The Morgan fingerprint density at radius 3 is 2.81 bits per heavy atom. The highest BCUT2D eigenvalue weighted by Crippen LogP contribution is 2.31. The summed E-state index contributed by atoms with van der Waals surface area (Å²) in [5.41, 5.74) is 3.65. The number of hydrogen-bond acceptors (Lipinski definition) is 3. The molecule has 0 radical (unpaired) electrons. The highest BCUT2D eigenvalue weighted by molar-refractivity contribution is 6.31. The second-order valence-electron chi connectivity index (χ2n) is 6.63. The van der Waals surface area contributed by atoms with Crippen LogP contribution in [0.3, 0.4) is 0 Å². The van der Waals surface area contributed by atoms with Gasteiger partial charge in [-0.05, 0) is 43.7 Å². The minimum atomic E-state index is -0.0580. The van der Waals surface area contributed by atoms with E-state index >= 15 is 0 Å². The van der Waals surface area contributed by atoms with Crippen molar-refractivity contribution in [1.29, 1.82) is 0 Å². The van der Waals surface area contributed by atoms with Crippen molar-refractivity contribution >= 4 is 34.8 Å². The number of benzene rings is 2. The van der Waals surface area contributed by atoms with E-state index in [0.29, 0.717) is 29.7 Å². The predicted octanol–water partition coefficient (Wildman–Crippen LogP) is 3.21. The zero-order chi connectivity index (χ0) is 19.4. The lowest BCUT2D eigenvalue weighted by Crippen LogP contribution is -3.11. The van der Waals surface area contributed by atoms with Gasteiger partial charge >= 0.3 is 0 Å². The number of carbonyl (C=O) groups excluding carboxylic acids is 1. The zero-order valence-corrected chi connectivity index (χ0v) is 16.9. The first-order valence-corrected chi connectivity index (χ1v) is 9.63. The maximum absolute atomic E-state index is 12.5. The van der Waals surface area contributed by atoms with Crippen LogP contribution in [-0.4, -0.2) is 25.8 Å². The van der Waals surface area contributed by atoms with E-state index in [9.17, 15) is 4.79 Å². The summed E-state index contributed by atoms with van der Waals surface area (Å²) in [6, 6.07) is 9.23. The van der Waals surface area contributed by atoms with Gasteiger partial charge in [0, 0.05) is 21.3 Å². The van der Waals surface area contributed by atoms with Crippen LogP contribution in [0.1, 0.15) is 23.6 Å². The zero-order valence-electron chi connectivity index (χ0n) is 15.4. The van der Waals surface area contributed by atoms with Crippen molar-refractivity contribution in [1.82, 2.24) is 0 Å². The van der Waals surface area contributed by atoms with Crippen molar-refractivity contribution in [2.24, 2.45) is 0 Å². The molecule has 0 saturated carbocycles. The lowest BCUT2D eigenvalue weighted by molar-refractivity contribution is -0.903. The lowest BCUT2D eigenvalue weighted by Gasteiger charge is -2.23. The first-order valence-electron chi connectivity index (χ1n) is 8.87. The predicted molar refractivity (Wildman–Crippen MR) is 107 cm³/mol. The minimum Gasteiger partial charge on any atom is -0.467 e. The molecule has 1 atom stereocenters. The van der Waals surface area contributed by atoms with Gasteiger partial charge in [0.15, 0.2) is 13.3 Å². The summed E-state index contributed by atoms with van der Waals surface area (Å²) < 4.78 is 11.0. The van der Waals surface area contributed by atoms with Gasteiger partial charge in [-0.3, -0.25) is 4.79 Å². The number of ether oxygens (including phenoxy) is 2. The maximum Gasteiger partial charge on any atom is 0.279 e. The molecule has 5 nitrogen and oxygen atoms in total. The van der Waals surface area contributed by atoms with Gasteiger partial charge in [0.05, 0.1) is 18.7 Å². The molecule has 1 aliphatic rings. The first-order chi connectivity index (χ1) is 13.0. The van der Waals surface area contributed by atoms with Crippen molar-refractivity contribution in [3.63, 3.8) is 0 Å². The summed E-state index contributed by atoms with van der Waals surface area (Å²) in [5.74, 6) is 0.764. The molecule has 2 aromatic rings. The van der Waals surface area contributed by atoms with Crippen LogP contribution in [-0.2, 0) is 22.7 Å². The molecule has 0 aromatic heterocycles. The fraction of sp³-hybridized carbons (Fsp3) is 0.350. The molecule has 1 aliphatic heterocycles. The summed E-state index contributed by atoms with van der Waals surface area (Å²) in [5, 5.41) is 4.20.